The zero-order valence-electron chi connectivity index (χ0n) is 25.3. The van der Waals surface area contributed by atoms with Gasteiger partial charge in [0.2, 0.25) is 0 Å². The highest BCUT2D eigenvalue weighted by Gasteiger charge is 2.55. The summed E-state index contributed by atoms with van der Waals surface area (Å²) in [4.78, 5) is 40.0. The minimum atomic E-state index is -1.08. The lowest BCUT2D eigenvalue weighted by molar-refractivity contribution is -0.384. The second-order valence-corrected chi connectivity index (χ2v) is 12.5. The lowest BCUT2D eigenvalue weighted by Gasteiger charge is -2.50. The highest BCUT2D eigenvalue weighted by Crippen LogP contribution is 2.54. The lowest BCUT2D eigenvalue weighted by Crippen LogP contribution is -2.61. The van der Waals surface area contributed by atoms with E-state index in [1.165, 1.54) is 24.3 Å². The van der Waals surface area contributed by atoms with Crippen LogP contribution in [0.2, 0.25) is 0 Å². The van der Waals surface area contributed by atoms with Crippen molar-refractivity contribution in [2.24, 2.45) is 0 Å². The van der Waals surface area contributed by atoms with E-state index in [1.807, 2.05) is 31.2 Å². The number of methoxy groups -OCH3 is 1. The van der Waals surface area contributed by atoms with E-state index in [0.717, 1.165) is 49.2 Å². The average Bonchev–Trinajstić information content (AvgIpc) is 3.71. The van der Waals surface area contributed by atoms with Crippen LogP contribution in [0.4, 0.5) is 5.69 Å². The number of rotatable bonds is 4. The first-order chi connectivity index (χ1) is 22.2. The molecule has 1 N–H and O–H groups in total. The Hall–Kier alpha value is -5.26. The molecule has 46 heavy (non-hydrogen) atoms. The third-order valence-corrected chi connectivity index (χ3v) is 10.3. The number of hydrogen-bond donors (Lipinski definition) is 1. The Morgan fingerprint density at radius 3 is 2.39 bits per heavy atom. The molecule has 9 rings (SSSR count). The molecule has 0 aliphatic carbocycles. The average molecular weight is 616 g/mol. The van der Waals surface area contributed by atoms with Gasteiger partial charge < -0.3 is 28.8 Å². The van der Waals surface area contributed by atoms with Crippen LogP contribution >= 0.6 is 0 Å². The van der Waals surface area contributed by atoms with Gasteiger partial charge in [-0.15, -0.1) is 0 Å². The van der Waals surface area contributed by atoms with Gasteiger partial charge in [-0.25, -0.2) is 0 Å². The molecule has 0 unspecified atom stereocenters. The molecule has 3 aliphatic rings. The van der Waals surface area contributed by atoms with Crippen LogP contribution in [0.25, 0.3) is 43.6 Å². The maximum absolute atomic E-state index is 14.0. The fraction of sp³-hybridized carbons (Fsp3) is 0.257. The Balaban J connectivity index is 1.35. The van der Waals surface area contributed by atoms with Crippen molar-refractivity contribution in [3.05, 3.63) is 99.6 Å². The molecule has 0 radical (unpaired) electrons. The second kappa shape index (κ2) is 9.15. The van der Waals surface area contributed by atoms with Crippen LogP contribution in [0.1, 0.15) is 45.9 Å². The van der Waals surface area contributed by atoms with Crippen LogP contribution < -0.4 is 5.32 Å². The van der Waals surface area contributed by atoms with Crippen molar-refractivity contribution in [1.82, 2.24) is 19.4 Å². The van der Waals surface area contributed by atoms with Crippen LogP contribution in [0.3, 0.4) is 0 Å². The molecular formula is C35H29N5O6. The minimum absolute atomic E-state index is 0.0797. The number of nitro benzene ring substituents is 1. The molecule has 4 aromatic carbocycles. The van der Waals surface area contributed by atoms with E-state index < -0.39 is 29.0 Å². The zero-order chi connectivity index (χ0) is 31.6. The van der Waals surface area contributed by atoms with Gasteiger partial charge in [-0.1, -0.05) is 36.4 Å². The Morgan fingerprint density at radius 1 is 1.02 bits per heavy atom. The predicted octanol–water partition coefficient (Wildman–Crippen LogP) is 5.82. The number of carbonyl (C=O) groups excluding carboxylic acids is 2. The number of likely N-dealkylation sites (N-methyl/N-ethyl adjacent to an activating group) is 1. The topological polar surface area (TPSA) is 121 Å². The van der Waals surface area contributed by atoms with Crippen LogP contribution in [0.15, 0.2) is 72.8 Å². The summed E-state index contributed by atoms with van der Waals surface area (Å²) in [6, 6.07) is 21.5. The molecule has 2 bridgehead atoms. The number of nitrogens with zero attached hydrogens (tertiary/aromatic N) is 4. The molecule has 6 aromatic rings. The first-order valence-electron chi connectivity index (χ1n) is 15.3. The third-order valence-electron chi connectivity index (χ3n) is 10.3. The highest BCUT2D eigenvalue weighted by atomic mass is 16.6. The smallest absolute Gasteiger partial charge is 0.269 e. The second-order valence-electron chi connectivity index (χ2n) is 12.5. The molecule has 11 heteroatoms. The van der Waals surface area contributed by atoms with Gasteiger partial charge in [-0.3, -0.25) is 19.7 Å². The van der Waals surface area contributed by atoms with E-state index in [4.69, 9.17) is 9.47 Å². The number of hydrogen-bond acceptors (Lipinski definition) is 6. The molecular weight excluding hydrogens is 586 g/mol. The molecule has 1 saturated heterocycles. The number of ether oxygens (including phenoxy) is 2. The minimum Gasteiger partial charge on any atom is -0.374 e. The summed E-state index contributed by atoms with van der Waals surface area (Å²) < 4.78 is 17.9. The van der Waals surface area contributed by atoms with Crippen LogP contribution in [0.5, 0.6) is 0 Å². The van der Waals surface area contributed by atoms with E-state index in [-0.39, 0.29) is 17.5 Å². The van der Waals surface area contributed by atoms with Crippen molar-refractivity contribution in [3.8, 4) is 0 Å². The van der Waals surface area contributed by atoms with Crippen LogP contribution in [-0.2, 0) is 21.7 Å². The summed E-state index contributed by atoms with van der Waals surface area (Å²) in [5, 5.41) is 18.2. The molecule has 3 aliphatic heterocycles. The largest absolute Gasteiger partial charge is 0.374 e. The van der Waals surface area contributed by atoms with Crippen molar-refractivity contribution in [1.29, 1.82) is 0 Å². The molecule has 5 heterocycles. The molecule has 1 fully saturated rings. The van der Waals surface area contributed by atoms with Crippen molar-refractivity contribution in [2.45, 2.75) is 44.0 Å². The maximum Gasteiger partial charge on any atom is 0.269 e. The normalized spacial score (nSPS) is 23.3. The van der Waals surface area contributed by atoms with E-state index in [1.54, 1.807) is 19.1 Å². The molecule has 0 spiro atoms. The van der Waals surface area contributed by atoms with Crippen molar-refractivity contribution in [3.63, 3.8) is 0 Å². The Labute approximate surface area is 262 Å². The molecule has 2 aromatic heterocycles. The Kier molecular flexibility index (Phi) is 5.39. The van der Waals surface area contributed by atoms with E-state index in [0.29, 0.717) is 24.1 Å². The van der Waals surface area contributed by atoms with Gasteiger partial charge in [0.15, 0.2) is 5.72 Å². The highest BCUT2D eigenvalue weighted by molar-refractivity contribution is 6.31. The molecule has 0 saturated carbocycles. The molecule has 11 nitrogen and oxygen atoms in total. The number of nitrogens with one attached hydrogen (secondary N) is 1. The summed E-state index contributed by atoms with van der Waals surface area (Å²) in [6.45, 7) is 2.45. The van der Waals surface area contributed by atoms with E-state index in [9.17, 15) is 19.7 Å². The molecule has 4 atom stereocenters. The quantitative estimate of drug-likeness (QED) is 0.197. The van der Waals surface area contributed by atoms with Gasteiger partial charge in [-0.2, -0.15) is 0 Å². The monoisotopic (exact) mass is 615 g/mol. The summed E-state index contributed by atoms with van der Waals surface area (Å²) in [5.74, 6) is -0.362. The lowest BCUT2D eigenvalue weighted by atomic mass is 9.91. The molecule has 2 amide bonds. The summed E-state index contributed by atoms with van der Waals surface area (Å²) >= 11 is 0. The number of fused-ring (bicyclic) bond motifs is 13. The molecule has 230 valence electrons. The van der Waals surface area contributed by atoms with Crippen LogP contribution in [0, 0.1) is 10.1 Å². The van der Waals surface area contributed by atoms with Gasteiger partial charge in [0.05, 0.1) is 38.6 Å². The first kappa shape index (κ1) is 27.1. The third kappa shape index (κ3) is 3.23. The van der Waals surface area contributed by atoms with Gasteiger partial charge in [0.1, 0.15) is 12.3 Å². The predicted molar refractivity (Wildman–Crippen MR) is 172 cm³/mol. The van der Waals surface area contributed by atoms with Crippen molar-refractivity contribution < 1.29 is 24.0 Å². The number of aromatic nitrogens is 2. The first-order valence-corrected chi connectivity index (χ1v) is 15.3. The van der Waals surface area contributed by atoms with E-state index >= 15 is 0 Å². The fourth-order valence-electron chi connectivity index (χ4n) is 8.47. The Bertz CT molecular complexity index is 2340. The summed E-state index contributed by atoms with van der Waals surface area (Å²) in [5.41, 5.74) is 4.64. The van der Waals surface area contributed by atoms with Gasteiger partial charge in [-0.05, 0) is 36.8 Å². The number of nitro groups is 1. The number of para-hydroxylation sites is 2. The number of amides is 2. The SMILES string of the molecule is CO[C@@H]1[C@H](N(C)C(=O)c2ccc([N+](=O)[O-])cc2)C[C@H]2O[C@]1(C)n1c3ccccc3c3c4c(c5c6ccccc6n2c5c31)C(=O)NC4. The van der Waals surface area contributed by atoms with Gasteiger partial charge in [0.25, 0.3) is 17.5 Å². The van der Waals surface area contributed by atoms with Crippen molar-refractivity contribution in [2.75, 3.05) is 14.2 Å². The number of carbonyl (C=O) groups is 2. The number of non-ortho nitro benzene ring substituents is 1. The fourth-order valence-corrected chi connectivity index (χ4v) is 8.47. The van der Waals surface area contributed by atoms with E-state index in [2.05, 4.69) is 38.7 Å². The van der Waals surface area contributed by atoms with Crippen LogP contribution in [-0.4, -0.2) is 57.1 Å². The van der Waals surface area contributed by atoms with Gasteiger partial charge >= 0.3 is 0 Å². The van der Waals surface area contributed by atoms with Crippen molar-refractivity contribution >= 4 is 61.1 Å². The Morgan fingerprint density at radius 2 is 1.70 bits per heavy atom. The zero-order valence-corrected chi connectivity index (χ0v) is 25.3. The maximum atomic E-state index is 14.0. The standard InChI is InChI=1S/C35H29N5O6/c1-35-32(45-3)25(37(2)34(42)18-12-14-19(15-13-18)40(43)44)16-26(46-35)38-23-10-6-4-8-20(23)28-29-22(17-36-33(29)41)27-21-9-5-7-11-24(21)39(35)31(27)30(28)38/h4-15,25-26,32H,16-17H2,1-3H3,(H,36,41)/t25-,26-,32-,35+/m1/s1. The van der Waals surface area contributed by atoms with Gasteiger partial charge in [0, 0.05) is 66.4 Å². The summed E-state index contributed by atoms with van der Waals surface area (Å²) in [7, 11) is 3.39. The summed E-state index contributed by atoms with van der Waals surface area (Å²) in [6.07, 6.45) is -0.709. The number of benzene rings is 4.